The summed E-state index contributed by atoms with van der Waals surface area (Å²) in [5, 5.41) is 13.4. The maximum Gasteiger partial charge on any atom is 0.253 e. The number of likely N-dealkylation sites (tertiary alicyclic amines) is 1. The average molecular weight is 643 g/mol. The van der Waals surface area contributed by atoms with Gasteiger partial charge in [-0.25, -0.2) is 0 Å². The van der Waals surface area contributed by atoms with Gasteiger partial charge in [0.1, 0.15) is 17.6 Å². The number of rotatable bonds is 7. The van der Waals surface area contributed by atoms with Crippen molar-refractivity contribution in [3.05, 3.63) is 100 Å². The predicted octanol–water partition coefficient (Wildman–Crippen LogP) is 3.96. The fraction of sp³-hybridized carbons (Fsp3) is 0.303. The van der Waals surface area contributed by atoms with Crippen LogP contribution in [-0.2, 0) is 4.79 Å². The number of methoxy groups -OCH3 is 1. The number of nitrogens with one attached hydrogen (secondary N) is 1. The maximum atomic E-state index is 13.5. The summed E-state index contributed by atoms with van der Waals surface area (Å²) in [6, 6.07) is 19.6. The van der Waals surface area contributed by atoms with Gasteiger partial charge in [0.15, 0.2) is 5.82 Å². The number of halogens is 1. The summed E-state index contributed by atoms with van der Waals surface area (Å²) in [6.07, 6.45) is 0.698. The van der Waals surface area contributed by atoms with E-state index in [0.29, 0.717) is 53.2 Å². The first-order chi connectivity index (χ1) is 21.5. The normalized spacial score (nSPS) is 17.6. The highest BCUT2D eigenvalue weighted by atomic mass is 35.5. The van der Waals surface area contributed by atoms with Crippen LogP contribution in [0.3, 0.4) is 0 Å². The number of amides is 2. The van der Waals surface area contributed by atoms with E-state index in [1.165, 1.54) is 0 Å². The van der Waals surface area contributed by atoms with Gasteiger partial charge in [-0.2, -0.15) is 0 Å². The molecule has 0 bridgehead atoms. The van der Waals surface area contributed by atoms with Crippen LogP contribution in [0.5, 0.6) is 5.75 Å². The van der Waals surface area contributed by atoms with E-state index >= 15 is 0 Å². The van der Waals surface area contributed by atoms with Gasteiger partial charge in [-0.1, -0.05) is 35.9 Å². The van der Waals surface area contributed by atoms with Crippen LogP contribution in [0.25, 0.3) is 5.69 Å². The highest BCUT2D eigenvalue weighted by molar-refractivity contribution is 6.83. The summed E-state index contributed by atoms with van der Waals surface area (Å²) in [6.45, 7) is 6.52. The lowest BCUT2D eigenvalue weighted by molar-refractivity contribution is -0.122. The zero-order valence-corrected chi connectivity index (χ0v) is 27.4. The SMILES string of the molecule is COc1ccc2c(c1)C(c1ccc(Cl)cc1)=N[C@@H](CC(=O)NC1CCN(C(=O)c3ccc([Si](C)(C)O)cc3)C1)c1nnc(C)n1-2. The standard InChI is InChI=1S/C33H35ClN6O4Si/c1-20-37-38-32-28(36-31(21-5-9-23(34)10-6-21)27-17-25(44-2)11-14-29(27)40(20)32)18-30(41)35-24-15-16-39(19-24)33(42)22-7-12-26(13-8-22)45(3,4)43/h5-14,17,24,28,43H,15-16,18-19H2,1-4H3,(H,35,41)/t24?,28-/m0/s1. The summed E-state index contributed by atoms with van der Waals surface area (Å²) >= 11 is 6.21. The van der Waals surface area contributed by atoms with Gasteiger partial charge in [0.2, 0.25) is 14.2 Å². The molecule has 2 amide bonds. The topological polar surface area (TPSA) is 122 Å². The van der Waals surface area contributed by atoms with Gasteiger partial charge < -0.3 is 19.7 Å². The molecule has 12 heteroatoms. The van der Waals surface area contributed by atoms with E-state index in [4.69, 9.17) is 21.3 Å². The average Bonchev–Trinajstić information content (AvgIpc) is 3.62. The van der Waals surface area contributed by atoms with Crippen LogP contribution in [0, 0.1) is 6.92 Å². The predicted molar refractivity (Wildman–Crippen MR) is 175 cm³/mol. The molecule has 2 N–H and O–H groups in total. The molecular weight excluding hydrogens is 608 g/mol. The highest BCUT2D eigenvalue weighted by Gasteiger charge is 2.33. The summed E-state index contributed by atoms with van der Waals surface area (Å²) in [4.78, 5) is 44.0. The molecular formula is C33H35ClN6O4Si. The van der Waals surface area contributed by atoms with E-state index in [1.807, 2.05) is 79.2 Å². The van der Waals surface area contributed by atoms with Crippen LogP contribution in [0.4, 0.5) is 0 Å². The van der Waals surface area contributed by atoms with Crippen molar-refractivity contribution in [2.24, 2.45) is 4.99 Å². The fourth-order valence-electron chi connectivity index (χ4n) is 5.90. The Balaban J connectivity index is 1.23. The van der Waals surface area contributed by atoms with Crippen molar-refractivity contribution < 1.29 is 19.1 Å². The number of aliphatic imine (C=N–C) groups is 1. The molecule has 232 valence electrons. The molecule has 1 aromatic heterocycles. The molecule has 2 aliphatic heterocycles. The third kappa shape index (κ3) is 6.28. The van der Waals surface area contributed by atoms with Crippen molar-refractivity contribution in [1.82, 2.24) is 25.0 Å². The first-order valence-electron chi connectivity index (χ1n) is 14.9. The molecule has 45 heavy (non-hydrogen) atoms. The number of nitrogens with zero attached hydrogens (tertiary/aromatic N) is 5. The molecule has 6 rings (SSSR count). The third-order valence-electron chi connectivity index (χ3n) is 8.31. The van der Waals surface area contributed by atoms with Crippen molar-refractivity contribution >= 4 is 42.6 Å². The van der Waals surface area contributed by atoms with Crippen LogP contribution < -0.4 is 15.2 Å². The summed E-state index contributed by atoms with van der Waals surface area (Å²) < 4.78 is 7.49. The number of benzene rings is 3. The molecule has 0 saturated carbocycles. The number of carbonyl (C=O) groups is 2. The zero-order chi connectivity index (χ0) is 31.9. The van der Waals surface area contributed by atoms with E-state index in [9.17, 15) is 14.4 Å². The smallest absolute Gasteiger partial charge is 0.253 e. The Morgan fingerprint density at radius 1 is 1.07 bits per heavy atom. The molecule has 10 nitrogen and oxygen atoms in total. The molecule has 3 heterocycles. The van der Waals surface area contributed by atoms with E-state index in [-0.39, 0.29) is 24.3 Å². The third-order valence-corrected chi connectivity index (χ3v) is 10.3. The van der Waals surface area contributed by atoms with Crippen LogP contribution >= 0.6 is 11.6 Å². The largest absolute Gasteiger partial charge is 0.497 e. The van der Waals surface area contributed by atoms with Crippen molar-refractivity contribution in [1.29, 1.82) is 0 Å². The number of aromatic nitrogens is 3. The summed E-state index contributed by atoms with van der Waals surface area (Å²) in [7, 11) is -0.828. The molecule has 2 atom stereocenters. The first kappa shape index (κ1) is 30.7. The number of hydrogen-bond donors (Lipinski definition) is 2. The van der Waals surface area contributed by atoms with Gasteiger partial charge >= 0.3 is 0 Å². The van der Waals surface area contributed by atoms with Crippen molar-refractivity contribution in [2.45, 2.75) is 44.9 Å². The monoisotopic (exact) mass is 642 g/mol. The molecule has 4 aromatic rings. The molecule has 1 fully saturated rings. The van der Waals surface area contributed by atoms with Gasteiger partial charge in [-0.3, -0.25) is 19.1 Å². The molecule has 1 saturated heterocycles. The van der Waals surface area contributed by atoms with E-state index < -0.39 is 14.4 Å². The number of ether oxygens (including phenoxy) is 1. The van der Waals surface area contributed by atoms with E-state index in [1.54, 1.807) is 24.1 Å². The second kappa shape index (κ2) is 12.2. The molecule has 2 aliphatic rings. The highest BCUT2D eigenvalue weighted by Crippen LogP contribution is 2.34. The lowest BCUT2D eigenvalue weighted by Gasteiger charge is -2.19. The number of fused-ring (bicyclic) bond motifs is 3. The second-order valence-corrected chi connectivity index (χ2v) is 16.1. The Kier molecular flexibility index (Phi) is 8.34. The maximum absolute atomic E-state index is 13.5. The minimum atomic E-state index is -2.45. The van der Waals surface area contributed by atoms with E-state index in [2.05, 4.69) is 15.5 Å². The Hall–Kier alpha value is -4.32. The molecule has 0 radical (unpaired) electrons. The zero-order valence-electron chi connectivity index (χ0n) is 25.6. The minimum Gasteiger partial charge on any atom is -0.497 e. The number of hydrogen-bond acceptors (Lipinski definition) is 7. The Morgan fingerprint density at radius 3 is 2.49 bits per heavy atom. The second-order valence-electron chi connectivity index (χ2n) is 12.0. The lowest BCUT2D eigenvalue weighted by atomic mass is 10.00. The molecule has 1 unspecified atom stereocenters. The molecule has 3 aromatic carbocycles. The van der Waals surface area contributed by atoms with Crippen LogP contribution in [0.15, 0.2) is 71.7 Å². The van der Waals surface area contributed by atoms with Crippen LogP contribution in [-0.4, -0.2) is 76.5 Å². The summed E-state index contributed by atoms with van der Waals surface area (Å²) in [5.41, 5.74) is 3.77. The van der Waals surface area contributed by atoms with Gasteiger partial charge in [0.25, 0.3) is 5.91 Å². The number of carbonyl (C=O) groups excluding carboxylic acids is 2. The van der Waals surface area contributed by atoms with Gasteiger partial charge in [0, 0.05) is 40.8 Å². The van der Waals surface area contributed by atoms with Crippen LogP contribution in [0.1, 0.15) is 52.0 Å². The van der Waals surface area contributed by atoms with Crippen molar-refractivity contribution in [3.8, 4) is 11.4 Å². The Labute approximate surface area is 267 Å². The summed E-state index contributed by atoms with van der Waals surface area (Å²) in [5.74, 6) is 1.65. The van der Waals surface area contributed by atoms with Gasteiger partial charge in [0.05, 0.1) is 24.9 Å². The minimum absolute atomic E-state index is 0.0487. The van der Waals surface area contributed by atoms with Gasteiger partial charge in [-0.05, 0) is 74.1 Å². The van der Waals surface area contributed by atoms with Gasteiger partial charge in [-0.15, -0.1) is 10.2 Å². The quantitative estimate of drug-likeness (QED) is 0.295. The van der Waals surface area contributed by atoms with E-state index in [0.717, 1.165) is 22.0 Å². The molecule has 0 spiro atoms. The van der Waals surface area contributed by atoms with Crippen molar-refractivity contribution in [3.63, 3.8) is 0 Å². The van der Waals surface area contributed by atoms with Crippen LogP contribution in [0.2, 0.25) is 18.1 Å². The molecule has 0 aliphatic carbocycles. The van der Waals surface area contributed by atoms with Crippen molar-refractivity contribution in [2.75, 3.05) is 20.2 Å². The fourth-order valence-corrected chi connectivity index (χ4v) is 7.01. The first-order valence-corrected chi connectivity index (χ1v) is 18.2. The lowest BCUT2D eigenvalue weighted by Crippen LogP contribution is -2.41. The Morgan fingerprint density at radius 2 is 1.80 bits per heavy atom. The number of aryl methyl sites for hydroxylation is 1. The Bertz CT molecular complexity index is 1780.